The third kappa shape index (κ3) is 3.92. The number of aryl methyl sites for hydroxylation is 2. The molecule has 0 N–H and O–H groups in total. The van der Waals surface area contributed by atoms with Crippen LogP contribution in [0.15, 0.2) is 35.9 Å². The van der Waals surface area contributed by atoms with E-state index in [4.69, 9.17) is 17.0 Å². The van der Waals surface area contributed by atoms with Crippen molar-refractivity contribution in [2.24, 2.45) is 0 Å². The van der Waals surface area contributed by atoms with Crippen molar-refractivity contribution < 1.29 is 19.4 Å². The number of halogens is 2. The van der Waals surface area contributed by atoms with E-state index in [0.29, 0.717) is 9.54 Å². The molecule has 0 saturated carbocycles. The van der Waals surface area contributed by atoms with Crippen LogP contribution in [0.3, 0.4) is 0 Å². The molecule has 0 amide bonds. The molecule has 0 nitrogen and oxygen atoms in total. The van der Waals surface area contributed by atoms with Crippen molar-refractivity contribution in [3.8, 4) is 11.1 Å². The van der Waals surface area contributed by atoms with Gasteiger partial charge in [0.1, 0.15) is 0 Å². The topological polar surface area (TPSA) is 0 Å². The van der Waals surface area contributed by atoms with E-state index in [1.54, 1.807) is 0 Å². The molecule has 2 aromatic rings. The average Bonchev–Trinajstić information content (AvgIpc) is 2.91. The molecule has 0 saturated heterocycles. The molecule has 0 bridgehead atoms. The Labute approximate surface area is 173 Å². The van der Waals surface area contributed by atoms with E-state index in [0.717, 1.165) is 12.8 Å². The van der Waals surface area contributed by atoms with Crippen molar-refractivity contribution >= 4 is 23.1 Å². The number of rotatable bonds is 5. The SMILES string of the molecule is CCCC1=Cc2c(ccc(C(C)C)c2-c2cc(C)cc(C)c2)[CH]1[Zr]([Cl])[Cl]. The first kappa shape index (κ1) is 20.4. The Bertz CT molecular complexity index is 829. The summed E-state index contributed by atoms with van der Waals surface area (Å²) in [6, 6.07) is 11.5. The first-order valence-corrected chi connectivity index (χ1v) is 17.2. The summed E-state index contributed by atoms with van der Waals surface area (Å²) in [5.74, 6) is 0.475. The number of hydrogen-bond acceptors (Lipinski definition) is 0. The van der Waals surface area contributed by atoms with Crippen LogP contribution in [-0.2, 0) is 19.4 Å². The number of allylic oxidation sites excluding steroid dienone is 1. The van der Waals surface area contributed by atoms with Crippen LogP contribution in [0.1, 0.15) is 71.0 Å². The van der Waals surface area contributed by atoms with Gasteiger partial charge in [-0.3, -0.25) is 0 Å². The molecule has 0 fully saturated rings. The molecule has 0 heterocycles. The summed E-state index contributed by atoms with van der Waals surface area (Å²) in [6.07, 6.45) is 4.64. The summed E-state index contributed by atoms with van der Waals surface area (Å²) < 4.78 is 0.307. The molecule has 1 aliphatic rings. The van der Waals surface area contributed by atoms with Crippen LogP contribution >= 0.6 is 17.0 Å². The third-order valence-corrected chi connectivity index (χ3v) is 10.5. The minimum atomic E-state index is -2.45. The Hall–Kier alpha value is -0.357. The molecule has 0 radical (unpaired) electrons. The molecule has 1 unspecified atom stereocenters. The van der Waals surface area contributed by atoms with Gasteiger partial charge in [0, 0.05) is 0 Å². The molecule has 3 rings (SSSR count). The third-order valence-electron chi connectivity index (χ3n) is 5.21. The molecule has 1 atom stereocenters. The van der Waals surface area contributed by atoms with E-state index in [1.165, 1.54) is 44.5 Å². The van der Waals surface area contributed by atoms with Gasteiger partial charge < -0.3 is 0 Å². The summed E-state index contributed by atoms with van der Waals surface area (Å²) in [6.45, 7) is 11.2. The summed E-state index contributed by atoms with van der Waals surface area (Å²) >= 11 is -2.45. The maximum absolute atomic E-state index is 6.61. The van der Waals surface area contributed by atoms with Crippen LogP contribution in [0.4, 0.5) is 0 Å². The predicted octanol–water partition coefficient (Wildman–Crippen LogP) is 8.26. The van der Waals surface area contributed by atoms with Crippen molar-refractivity contribution in [1.82, 2.24) is 0 Å². The zero-order valence-corrected chi connectivity index (χ0v) is 20.3. The van der Waals surface area contributed by atoms with Gasteiger partial charge in [0.15, 0.2) is 0 Å². The van der Waals surface area contributed by atoms with Crippen LogP contribution in [0.25, 0.3) is 17.2 Å². The Morgan fingerprint density at radius 1 is 1.04 bits per heavy atom. The van der Waals surface area contributed by atoms with Gasteiger partial charge in [-0.2, -0.15) is 0 Å². The molecule has 137 valence electrons. The second-order valence-electron chi connectivity index (χ2n) is 7.76. The van der Waals surface area contributed by atoms with Crippen LogP contribution in [-0.4, -0.2) is 0 Å². The second-order valence-corrected chi connectivity index (χ2v) is 16.6. The van der Waals surface area contributed by atoms with Crippen molar-refractivity contribution in [3.63, 3.8) is 0 Å². The van der Waals surface area contributed by atoms with Crippen LogP contribution in [0, 0.1) is 13.8 Å². The average molecular weight is 466 g/mol. The number of benzene rings is 2. The van der Waals surface area contributed by atoms with Crippen LogP contribution in [0.5, 0.6) is 0 Å². The van der Waals surface area contributed by atoms with Crippen molar-refractivity contribution in [1.29, 1.82) is 0 Å². The van der Waals surface area contributed by atoms with Crippen molar-refractivity contribution in [3.05, 3.63) is 63.7 Å². The standard InChI is InChI=1S/C23H27.2ClH.Zr/c1-6-7-18-13-19-8-9-21(15(2)3)23(22(19)14-18)20-11-16(4)10-17(5)12-20;;;/h8-15H,6-7H2,1-5H3;2*1H;/q;;;+2/p-2. The summed E-state index contributed by atoms with van der Waals surface area (Å²) in [5, 5.41) is 0. The normalized spacial score (nSPS) is 16.0. The number of hydrogen-bond donors (Lipinski definition) is 0. The second kappa shape index (κ2) is 8.34. The van der Waals surface area contributed by atoms with E-state index >= 15 is 0 Å². The molecule has 1 aliphatic carbocycles. The Kier molecular flexibility index (Phi) is 6.54. The quantitative estimate of drug-likeness (QED) is 0.417. The van der Waals surface area contributed by atoms with E-state index in [2.05, 4.69) is 71.0 Å². The Morgan fingerprint density at radius 2 is 1.69 bits per heavy atom. The fraction of sp³-hybridized carbons (Fsp3) is 0.391. The fourth-order valence-corrected chi connectivity index (χ4v) is 9.71. The zero-order valence-electron chi connectivity index (χ0n) is 16.3. The first-order valence-electron chi connectivity index (χ1n) is 9.47. The fourth-order valence-electron chi connectivity index (χ4n) is 4.21. The summed E-state index contributed by atoms with van der Waals surface area (Å²) in [7, 11) is 13.2. The Balaban J connectivity index is 2.30. The molecule has 0 aromatic heterocycles. The molecule has 26 heavy (non-hydrogen) atoms. The summed E-state index contributed by atoms with van der Waals surface area (Å²) in [5.41, 5.74) is 10.9. The van der Waals surface area contributed by atoms with E-state index in [-0.39, 0.29) is 0 Å². The van der Waals surface area contributed by atoms with Crippen LogP contribution < -0.4 is 0 Å². The molecule has 3 heteroatoms. The van der Waals surface area contributed by atoms with Gasteiger partial charge in [0.2, 0.25) is 0 Å². The van der Waals surface area contributed by atoms with Gasteiger partial charge >= 0.3 is 174 Å². The van der Waals surface area contributed by atoms with Gasteiger partial charge in [0.05, 0.1) is 0 Å². The minimum absolute atomic E-state index is 0.307. The molecule has 2 aromatic carbocycles. The molecule has 0 spiro atoms. The van der Waals surface area contributed by atoms with E-state index < -0.39 is 19.4 Å². The van der Waals surface area contributed by atoms with E-state index in [1.807, 2.05) is 0 Å². The van der Waals surface area contributed by atoms with Gasteiger partial charge in [-0.25, -0.2) is 0 Å². The molecular weight excluding hydrogens is 438 g/mol. The predicted molar refractivity (Wildman–Crippen MR) is 113 cm³/mol. The van der Waals surface area contributed by atoms with Gasteiger partial charge in [-0.15, -0.1) is 0 Å². The maximum atomic E-state index is 6.61. The first-order chi connectivity index (χ1) is 12.3. The van der Waals surface area contributed by atoms with Gasteiger partial charge in [0.25, 0.3) is 0 Å². The van der Waals surface area contributed by atoms with Gasteiger partial charge in [-0.05, 0) is 0 Å². The monoisotopic (exact) mass is 463 g/mol. The zero-order chi connectivity index (χ0) is 19.0. The summed E-state index contributed by atoms with van der Waals surface area (Å²) in [4.78, 5) is 0. The molecule has 0 aliphatic heterocycles. The van der Waals surface area contributed by atoms with Crippen molar-refractivity contribution in [2.75, 3.05) is 0 Å². The van der Waals surface area contributed by atoms with Gasteiger partial charge in [-0.1, -0.05) is 0 Å². The van der Waals surface area contributed by atoms with Crippen molar-refractivity contribution in [2.45, 2.75) is 57.0 Å². The number of fused-ring (bicyclic) bond motifs is 1. The Morgan fingerprint density at radius 3 is 2.23 bits per heavy atom. The molecular formula is C23H27Cl2Zr. The van der Waals surface area contributed by atoms with E-state index in [9.17, 15) is 0 Å². The van der Waals surface area contributed by atoms with Crippen LogP contribution in [0.2, 0.25) is 0 Å².